The van der Waals surface area contributed by atoms with Gasteiger partial charge in [0.25, 0.3) is 0 Å². The first-order valence-electron chi connectivity index (χ1n) is 9.44. The second-order valence-corrected chi connectivity index (χ2v) is 6.73. The Morgan fingerprint density at radius 3 is 2.12 bits per heavy atom. The van der Waals surface area contributed by atoms with E-state index in [4.69, 9.17) is 11.2 Å². The quantitative estimate of drug-likeness (QED) is 0.199. The number of carbonyl (C=O) groups excluding carboxylic acids is 2. The molecule has 0 aliphatic heterocycles. The fraction of sp³-hybridized carbons (Fsp3) is 0.545. The maximum atomic E-state index is 12.4. The van der Waals surface area contributed by atoms with E-state index in [1.54, 1.807) is 12.1 Å². The Hall–Kier alpha value is -2.12. The Bertz CT molecular complexity index is 608. The van der Waals surface area contributed by atoms with Crippen LogP contribution in [0.25, 0.3) is 0 Å². The first-order valence-corrected chi connectivity index (χ1v) is 9.44. The number of carbonyl (C=O) groups is 2. The van der Waals surface area contributed by atoms with Gasteiger partial charge in [-0.15, -0.1) is 6.42 Å². The highest BCUT2D eigenvalue weighted by Crippen LogP contribution is 2.17. The summed E-state index contributed by atoms with van der Waals surface area (Å²) in [5, 5.41) is 10.3. The largest absolute Gasteiger partial charge is 0.463 e. The van der Waals surface area contributed by atoms with Crippen LogP contribution in [0.15, 0.2) is 24.3 Å². The first kappa shape index (κ1) is 21.9. The molecule has 1 atom stereocenters. The van der Waals surface area contributed by atoms with E-state index in [2.05, 4.69) is 12.8 Å². The van der Waals surface area contributed by atoms with Crippen LogP contribution in [-0.2, 0) is 9.53 Å². The van der Waals surface area contributed by atoms with Crippen molar-refractivity contribution >= 4 is 11.8 Å². The van der Waals surface area contributed by atoms with E-state index in [0.29, 0.717) is 5.56 Å². The SMILES string of the molecule is C#Cc1ccc(C(=O)C(C)(O)C(=O)OCCCCCCCCCC)cc1. The van der Waals surface area contributed by atoms with Gasteiger partial charge in [0.1, 0.15) is 0 Å². The summed E-state index contributed by atoms with van der Waals surface area (Å²) in [4.78, 5) is 24.4. The Labute approximate surface area is 157 Å². The molecule has 0 bridgehead atoms. The van der Waals surface area contributed by atoms with Crippen LogP contribution < -0.4 is 0 Å². The number of rotatable bonds is 12. The van der Waals surface area contributed by atoms with Crippen LogP contribution >= 0.6 is 0 Å². The van der Waals surface area contributed by atoms with Crippen molar-refractivity contribution in [3.05, 3.63) is 35.4 Å². The lowest BCUT2D eigenvalue weighted by Crippen LogP contribution is -2.45. The maximum Gasteiger partial charge on any atom is 0.346 e. The number of benzene rings is 1. The number of Topliss-reactive ketones (excluding diaryl/α,β-unsaturated/α-hetero) is 1. The van der Waals surface area contributed by atoms with Crippen LogP contribution in [0.2, 0.25) is 0 Å². The lowest BCUT2D eigenvalue weighted by atomic mass is 9.94. The Morgan fingerprint density at radius 1 is 1.04 bits per heavy atom. The second kappa shape index (κ2) is 11.5. The van der Waals surface area contributed by atoms with Gasteiger partial charge in [-0.25, -0.2) is 4.79 Å². The van der Waals surface area contributed by atoms with E-state index in [0.717, 1.165) is 19.3 Å². The zero-order valence-corrected chi connectivity index (χ0v) is 15.9. The molecule has 0 saturated carbocycles. The van der Waals surface area contributed by atoms with Crippen molar-refractivity contribution in [1.82, 2.24) is 0 Å². The third-order valence-corrected chi connectivity index (χ3v) is 4.38. The summed E-state index contributed by atoms with van der Waals surface area (Å²) in [5.74, 6) is 0.845. The molecule has 0 fully saturated rings. The van der Waals surface area contributed by atoms with Gasteiger partial charge in [-0.2, -0.15) is 0 Å². The highest BCUT2D eigenvalue weighted by Gasteiger charge is 2.40. The van der Waals surface area contributed by atoms with Gasteiger partial charge in [-0.1, -0.05) is 69.9 Å². The fourth-order valence-corrected chi connectivity index (χ4v) is 2.63. The minimum Gasteiger partial charge on any atom is -0.463 e. The predicted octanol–water partition coefficient (Wildman–Crippen LogP) is 4.29. The normalized spacial score (nSPS) is 12.8. The topological polar surface area (TPSA) is 63.6 Å². The van der Waals surface area contributed by atoms with E-state index in [-0.39, 0.29) is 12.2 Å². The Balaban J connectivity index is 2.35. The molecule has 1 N–H and O–H groups in total. The summed E-state index contributed by atoms with van der Waals surface area (Å²) in [6, 6.07) is 6.18. The van der Waals surface area contributed by atoms with Gasteiger partial charge in [0.15, 0.2) is 0 Å². The number of hydrogen-bond acceptors (Lipinski definition) is 4. The van der Waals surface area contributed by atoms with E-state index in [1.807, 2.05) is 0 Å². The van der Waals surface area contributed by atoms with E-state index in [1.165, 1.54) is 51.2 Å². The van der Waals surface area contributed by atoms with Gasteiger partial charge in [0.2, 0.25) is 11.4 Å². The van der Waals surface area contributed by atoms with Crippen LogP contribution in [0.4, 0.5) is 0 Å². The van der Waals surface area contributed by atoms with Crippen molar-refractivity contribution in [2.75, 3.05) is 6.61 Å². The molecule has 26 heavy (non-hydrogen) atoms. The van der Waals surface area contributed by atoms with Gasteiger partial charge in [-0.3, -0.25) is 4.79 Å². The molecule has 0 spiro atoms. The number of hydrogen-bond donors (Lipinski definition) is 1. The summed E-state index contributed by atoms with van der Waals surface area (Å²) in [6.45, 7) is 3.58. The molecule has 4 heteroatoms. The highest BCUT2D eigenvalue weighted by atomic mass is 16.5. The zero-order chi connectivity index (χ0) is 19.4. The summed E-state index contributed by atoms with van der Waals surface area (Å²) in [6.07, 6.45) is 14.3. The zero-order valence-electron chi connectivity index (χ0n) is 15.9. The molecule has 0 aromatic heterocycles. The van der Waals surface area contributed by atoms with Gasteiger partial charge in [0, 0.05) is 11.1 Å². The number of terminal acetylenes is 1. The molecule has 0 amide bonds. The molecule has 0 saturated heterocycles. The van der Waals surface area contributed by atoms with Crippen LogP contribution in [0, 0.1) is 12.3 Å². The van der Waals surface area contributed by atoms with Crippen LogP contribution in [0.3, 0.4) is 0 Å². The number of ketones is 1. The molecule has 0 aliphatic rings. The molecule has 0 aliphatic carbocycles. The lowest BCUT2D eigenvalue weighted by molar-refractivity contribution is -0.158. The smallest absolute Gasteiger partial charge is 0.346 e. The number of aliphatic hydroxyl groups is 1. The number of ether oxygens (including phenoxy) is 1. The van der Waals surface area contributed by atoms with Gasteiger partial charge in [-0.05, 0) is 25.5 Å². The molecule has 142 valence electrons. The monoisotopic (exact) mass is 358 g/mol. The third-order valence-electron chi connectivity index (χ3n) is 4.38. The summed E-state index contributed by atoms with van der Waals surface area (Å²) in [5.41, 5.74) is -1.35. The fourth-order valence-electron chi connectivity index (χ4n) is 2.63. The van der Waals surface area contributed by atoms with Crippen molar-refractivity contribution < 1.29 is 19.4 Å². The molecule has 4 nitrogen and oxygen atoms in total. The molecule has 1 unspecified atom stereocenters. The van der Waals surface area contributed by atoms with Crippen molar-refractivity contribution in [2.45, 2.75) is 70.8 Å². The van der Waals surface area contributed by atoms with Crippen molar-refractivity contribution in [3.8, 4) is 12.3 Å². The Morgan fingerprint density at radius 2 is 1.58 bits per heavy atom. The van der Waals surface area contributed by atoms with Crippen molar-refractivity contribution in [1.29, 1.82) is 0 Å². The van der Waals surface area contributed by atoms with Gasteiger partial charge < -0.3 is 9.84 Å². The molecule has 1 rings (SSSR count). The number of esters is 1. The average Bonchev–Trinajstić information content (AvgIpc) is 2.65. The standard InChI is InChI=1S/C22H30O4/c1-4-6-7-8-9-10-11-12-17-26-21(24)22(3,25)20(23)19-15-13-18(5-2)14-16-19/h2,13-16,25H,4,6-12,17H2,1,3H3. The molecule has 1 aromatic carbocycles. The second-order valence-electron chi connectivity index (χ2n) is 6.73. The van der Waals surface area contributed by atoms with Gasteiger partial charge >= 0.3 is 5.97 Å². The summed E-state index contributed by atoms with van der Waals surface area (Å²) < 4.78 is 5.10. The molecule has 0 radical (unpaired) electrons. The third kappa shape index (κ3) is 7.01. The summed E-state index contributed by atoms with van der Waals surface area (Å²) >= 11 is 0. The van der Waals surface area contributed by atoms with Crippen LogP contribution in [-0.4, -0.2) is 29.1 Å². The lowest BCUT2D eigenvalue weighted by Gasteiger charge is -2.20. The molecular formula is C22H30O4. The van der Waals surface area contributed by atoms with E-state index >= 15 is 0 Å². The van der Waals surface area contributed by atoms with E-state index < -0.39 is 17.4 Å². The van der Waals surface area contributed by atoms with Crippen LogP contribution in [0.1, 0.15) is 81.1 Å². The van der Waals surface area contributed by atoms with Crippen LogP contribution in [0.5, 0.6) is 0 Å². The minimum absolute atomic E-state index is 0.216. The summed E-state index contributed by atoms with van der Waals surface area (Å²) in [7, 11) is 0. The van der Waals surface area contributed by atoms with Crippen molar-refractivity contribution in [3.63, 3.8) is 0 Å². The first-order chi connectivity index (χ1) is 12.4. The molecule has 0 heterocycles. The van der Waals surface area contributed by atoms with E-state index in [9.17, 15) is 14.7 Å². The molecular weight excluding hydrogens is 328 g/mol. The van der Waals surface area contributed by atoms with Crippen molar-refractivity contribution in [2.24, 2.45) is 0 Å². The average molecular weight is 358 g/mol. The highest BCUT2D eigenvalue weighted by molar-refractivity contribution is 6.14. The molecule has 1 aromatic rings. The maximum absolute atomic E-state index is 12.4. The predicted molar refractivity (Wildman–Crippen MR) is 103 cm³/mol. The number of unbranched alkanes of at least 4 members (excludes halogenated alkanes) is 7. The Kier molecular flexibility index (Phi) is 9.69. The minimum atomic E-state index is -2.20. The van der Waals surface area contributed by atoms with Gasteiger partial charge in [0.05, 0.1) is 6.61 Å².